The number of likely N-dealkylation sites (N-methyl/N-ethyl adjacent to an activating group) is 1. The van der Waals surface area contributed by atoms with E-state index in [4.69, 9.17) is 4.74 Å². The van der Waals surface area contributed by atoms with Crippen molar-refractivity contribution in [2.24, 2.45) is 0 Å². The summed E-state index contributed by atoms with van der Waals surface area (Å²) in [7, 11) is 4.12. The Balaban J connectivity index is 1.73. The molecule has 3 rings (SSSR count). The van der Waals surface area contributed by atoms with E-state index in [2.05, 4.69) is 19.0 Å². The van der Waals surface area contributed by atoms with E-state index in [-0.39, 0.29) is 11.7 Å². The van der Waals surface area contributed by atoms with Gasteiger partial charge in [0.25, 0.3) is 5.91 Å². The Bertz CT molecular complexity index is 761. The van der Waals surface area contributed by atoms with Crippen LogP contribution in [-0.4, -0.2) is 54.0 Å². The summed E-state index contributed by atoms with van der Waals surface area (Å²) in [5.74, 6) is 0.494. The molecule has 1 fully saturated rings. The van der Waals surface area contributed by atoms with Crippen molar-refractivity contribution in [3.63, 3.8) is 0 Å². The van der Waals surface area contributed by atoms with E-state index in [0.717, 1.165) is 31.4 Å². The van der Waals surface area contributed by atoms with Crippen LogP contribution in [0.3, 0.4) is 0 Å². The van der Waals surface area contributed by atoms with Crippen LogP contribution in [0.25, 0.3) is 0 Å². The number of benzene rings is 2. The van der Waals surface area contributed by atoms with Crippen LogP contribution in [0.1, 0.15) is 35.2 Å². The number of hydrogen-bond acceptors (Lipinski definition) is 4. The zero-order valence-electron chi connectivity index (χ0n) is 16.1. The molecule has 1 N–H and O–H groups in total. The average Bonchev–Trinajstić information content (AvgIpc) is 2.93. The van der Waals surface area contributed by atoms with E-state index >= 15 is 0 Å². The van der Waals surface area contributed by atoms with E-state index in [1.807, 2.05) is 35.2 Å². The Morgan fingerprint density at radius 2 is 1.96 bits per heavy atom. The van der Waals surface area contributed by atoms with Gasteiger partial charge in [0, 0.05) is 30.8 Å². The molecular weight excluding hydrogens is 340 g/mol. The molecule has 0 bridgehead atoms. The zero-order valence-corrected chi connectivity index (χ0v) is 16.1. The number of hydrogen-bond donors (Lipinski definition) is 1. The Morgan fingerprint density at radius 1 is 1.19 bits per heavy atom. The van der Waals surface area contributed by atoms with Crippen LogP contribution in [0.4, 0.5) is 0 Å². The van der Waals surface area contributed by atoms with Crippen LogP contribution in [0, 0.1) is 0 Å². The molecule has 1 heterocycles. The molecule has 0 saturated carbocycles. The maximum absolute atomic E-state index is 13.0. The van der Waals surface area contributed by atoms with Crippen LogP contribution in [0.2, 0.25) is 0 Å². The van der Waals surface area contributed by atoms with E-state index in [9.17, 15) is 9.90 Å². The maximum atomic E-state index is 13.0. The van der Waals surface area contributed by atoms with E-state index in [1.54, 1.807) is 12.1 Å². The lowest BCUT2D eigenvalue weighted by Crippen LogP contribution is -2.41. The highest BCUT2D eigenvalue weighted by Gasteiger charge is 2.24. The summed E-state index contributed by atoms with van der Waals surface area (Å²) in [6.07, 6.45) is 3.23. The number of rotatable bonds is 5. The predicted octanol–water partition coefficient (Wildman–Crippen LogP) is 3.53. The van der Waals surface area contributed by atoms with Gasteiger partial charge in [-0.1, -0.05) is 36.8 Å². The molecule has 1 atom stereocenters. The number of carbonyl (C=O) groups excluding carboxylic acids is 1. The van der Waals surface area contributed by atoms with Crippen molar-refractivity contribution in [1.82, 2.24) is 9.80 Å². The summed E-state index contributed by atoms with van der Waals surface area (Å²) >= 11 is 0. The van der Waals surface area contributed by atoms with Gasteiger partial charge in [0.1, 0.15) is 18.1 Å². The third-order valence-electron chi connectivity index (χ3n) is 5.05. The largest absolute Gasteiger partial charge is 0.508 e. The standard InChI is InChI=1S/C22H28N2O3/c1-23(2)19-10-6-7-11-24(15-19)22(26)18-12-20(25)14-21(13-18)27-16-17-8-4-3-5-9-17/h3-5,8-9,12-14,19,25H,6-7,10-11,15-16H2,1-2H3/t19-/m0/s1. The lowest BCUT2D eigenvalue weighted by molar-refractivity contribution is 0.0724. The topological polar surface area (TPSA) is 53.0 Å². The molecule has 0 radical (unpaired) electrons. The molecule has 144 valence electrons. The Morgan fingerprint density at radius 3 is 2.70 bits per heavy atom. The minimum atomic E-state index is -0.0517. The van der Waals surface area contributed by atoms with Crippen molar-refractivity contribution in [1.29, 1.82) is 0 Å². The first-order valence-electron chi connectivity index (χ1n) is 9.49. The van der Waals surface area contributed by atoms with Gasteiger partial charge < -0.3 is 19.6 Å². The molecule has 1 aliphatic rings. The minimum absolute atomic E-state index is 0.0443. The zero-order chi connectivity index (χ0) is 19.2. The molecular formula is C22H28N2O3. The Hall–Kier alpha value is -2.53. The maximum Gasteiger partial charge on any atom is 0.254 e. The number of ether oxygens (including phenoxy) is 1. The second-order valence-electron chi connectivity index (χ2n) is 7.35. The van der Waals surface area contributed by atoms with E-state index < -0.39 is 0 Å². The van der Waals surface area contributed by atoms with Gasteiger partial charge in [0.05, 0.1) is 0 Å². The molecule has 2 aromatic carbocycles. The van der Waals surface area contributed by atoms with Crippen LogP contribution in [0.15, 0.2) is 48.5 Å². The molecule has 0 spiro atoms. The van der Waals surface area contributed by atoms with Crippen LogP contribution < -0.4 is 4.74 Å². The van der Waals surface area contributed by atoms with Gasteiger partial charge in [-0.05, 0) is 44.6 Å². The highest BCUT2D eigenvalue weighted by atomic mass is 16.5. The molecule has 0 aliphatic carbocycles. The molecule has 1 saturated heterocycles. The highest BCUT2D eigenvalue weighted by molar-refractivity contribution is 5.95. The lowest BCUT2D eigenvalue weighted by Gasteiger charge is -2.28. The fraction of sp³-hybridized carbons (Fsp3) is 0.409. The van der Waals surface area contributed by atoms with Gasteiger partial charge >= 0.3 is 0 Å². The number of amides is 1. The van der Waals surface area contributed by atoms with Crippen molar-refractivity contribution in [2.45, 2.75) is 31.9 Å². The molecule has 5 nitrogen and oxygen atoms in total. The number of phenolic OH excluding ortho intramolecular Hbond substituents is 1. The summed E-state index contributed by atoms with van der Waals surface area (Å²) in [4.78, 5) is 17.1. The predicted molar refractivity (Wildman–Crippen MR) is 106 cm³/mol. The van der Waals surface area contributed by atoms with Gasteiger partial charge in [0.15, 0.2) is 0 Å². The summed E-state index contributed by atoms with van der Waals surface area (Å²) in [5.41, 5.74) is 1.51. The molecule has 1 amide bonds. The third kappa shape index (κ3) is 5.23. The molecule has 0 unspecified atom stereocenters. The summed E-state index contributed by atoms with van der Waals surface area (Å²) in [5, 5.41) is 10.1. The monoisotopic (exact) mass is 368 g/mol. The highest BCUT2D eigenvalue weighted by Crippen LogP contribution is 2.25. The first kappa shape index (κ1) is 19.2. The fourth-order valence-corrected chi connectivity index (χ4v) is 3.44. The van der Waals surface area contributed by atoms with Crippen molar-refractivity contribution in [3.05, 3.63) is 59.7 Å². The Kier molecular flexibility index (Phi) is 6.35. The molecule has 2 aromatic rings. The molecule has 27 heavy (non-hydrogen) atoms. The van der Waals surface area contributed by atoms with Gasteiger partial charge in [-0.2, -0.15) is 0 Å². The first-order valence-corrected chi connectivity index (χ1v) is 9.49. The number of carbonyl (C=O) groups is 1. The smallest absolute Gasteiger partial charge is 0.254 e. The summed E-state index contributed by atoms with van der Waals surface area (Å²) in [6.45, 7) is 1.85. The van der Waals surface area contributed by atoms with Crippen LogP contribution >= 0.6 is 0 Å². The lowest BCUT2D eigenvalue weighted by atomic mass is 10.1. The van der Waals surface area contributed by atoms with Crippen molar-refractivity contribution < 1.29 is 14.6 Å². The molecule has 0 aromatic heterocycles. The number of phenols is 1. The quantitative estimate of drug-likeness (QED) is 0.877. The second-order valence-corrected chi connectivity index (χ2v) is 7.35. The van der Waals surface area contributed by atoms with Gasteiger partial charge in [-0.15, -0.1) is 0 Å². The van der Waals surface area contributed by atoms with Crippen molar-refractivity contribution >= 4 is 5.91 Å². The fourth-order valence-electron chi connectivity index (χ4n) is 3.44. The summed E-state index contributed by atoms with van der Waals surface area (Å²) in [6, 6.07) is 15.0. The SMILES string of the molecule is CN(C)[C@H]1CCCCN(C(=O)c2cc(O)cc(OCc3ccccc3)c2)C1. The minimum Gasteiger partial charge on any atom is -0.508 e. The Labute approximate surface area is 161 Å². The van der Waals surface area contributed by atoms with Crippen molar-refractivity contribution in [3.8, 4) is 11.5 Å². The number of nitrogens with zero attached hydrogens (tertiary/aromatic N) is 2. The second kappa shape index (κ2) is 8.91. The van der Waals surface area contributed by atoms with Gasteiger partial charge in [-0.25, -0.2) is 0 Å². The molecule has 5 heteroatoms. The normalized spacial score (nSPS) is 17.6. The van der Waals surface area contributed by atoms with Gasteiger partial charge in [0.2, 0.25) is 0 Å². The van der Waals surface area contributed by atoms with Crippen molar-refractivity contribution in [2.75, 3.05) is 27.2 Å². The summed E-state index contributed by atoms with van der Waals surface area (Å²) < 4.78 is 5.80. The third-order valence-corrected chi connectivity index (χ3v) is 5.05. The number of aromatic hydroxyl groups is 1. The first-order chi connectivity index (χ1) is 13.0. The van der Waals surface area contributed by atoms with E-state index in [1.165, 1.54) is 6.07 Å². The molecule has 1 aliphatic heterocycles. The van der Waals surface area contributed by atoms with Crippen LogP contribution in [-0.2, 0) is 6.61 Å². The van der Waals surface area contributed by atoms with E-state index in [0.29, 0.717) is 30.5 Å². The van der Waals surface area contributed by atoms with Gasteiger partial charge in [-0.3, -0.25) is 4.79 Å². The average molecular weight is 368 g/mol. The number of likely N-dealkylation sites (tertiary alicyclic amines) is 1. The van der Waals surface area contributed by atoms with Crippen LogP contribution in [0.5, 0.6) is 11.5 Å².